The number of ether oxygens (including phenoxy) is 1. The van der Waals surface area contributed by atoms with E-state index in [4.69, 9.17) is 4.74 Å². The molecule has 0 aliphatic heterocycles. The van der Waals surface area contributed by atoms with Gasteiger partial charge in [0, 0.05) is 12.2 Å². The molecule has 0 atom stereocenters. The number of hydrogen-bond acceptors (Lipinski definition) is 3. The predicted molar refractivity (Wildman–Crippen MR) is 78.0 cm³/mol. The van der Waals surface area contributed by atoms with E-state index in [2.05, 4.69) is 10.3 Å². The SMILES string of the molecule is COc1ccccc1CCNC(=O)c1cccc(C)n1. The molecule has 20 heavy (non-hydrogen) atoms. The van der Waals surface area contributed by atoms with E-state index in [1.165, 1.54) is 0 Å². The third-order valence-corrected chi connectivity index (χ3v) is 2.99. The molecule has 104 valence electrons. The molecule has 1 aromatic carbocycles. The number of benzene rings is 1. The fourth-order valence-electron chi connectivity index (χ4n) is 1.98. The maximum Gasteiger partial charge on any atom is 0.269 e. The maximum absolute atomic E-state index is 11.9. The van der Waals surface area contributed by atoms with Gasteiger partial charge in [0.2, 0.25) is 0 Å². The van der Waals surface area contributed by atoms with E-state index >= 15 is 0 Å². The van der Waals surface area contributed by atoms with Gasteiger partial charge in [-0.15, -0.1) is 0 Å². The molecule has 2 rings (SSSR count). The summed E-state index contributed by atoms with van der Waals surface area (Å²) in [5.41, 5.74) is 2.36. The first-order chi connectivity index (χ1) is 9.70. The summed E-state index contributed by atoms with van der Waals surface area (Å²) in [5.74, 6) is 0.694. The lowest BCUT2D eigenvalue weighted by Crippen LogP contribution is -2.26. The van der Waals surface area contributed by atoms with Crippen LogP contribution in [-0.4, -0.2) is 24.5 Å². The molecular weight excluding hydrogens is 252 g/mol. The highest BCUT2D eigenvalue weighted by atomic mass is 16.5. The van der Waals surface area contributed by atoms with Crippen LogP contribution in [0.1, 0.15) is 21.7 Å². The molecule has 0 fully saturated rings. The Morgan fingerprint density at radius 3 is 2.75 bits per heavy atom. The molecule has 1 amide bonds. The number of pyridine rings is 1. The van der Waals surface area contributed by atoms with E-state index in [9.17, 15) is 4.79 Å². The van der Waals surface area contributed by atoms with Crippen LogP contribution in [0.25, 0.3) is 0 Å². The van der Waals surface area contributed by atoms with Gasteiger partial charge in [0.15, 0.2) is 0 Å². The molecule has 0 spiro atoms. The molecule has 0 aliphatic carbocycles. The quantitative estimate of drug-likeness (QED) is 0.907. The topological polar surface area (TPSA) is 51.2 Å². The average molecular weight is 270 g/mol. The fraction of sp³-hybridized carbons (Fsp3) is 0.250. The van der Waals surface area contributed by atoms with Crippen LogP contribution in [0.5, 0.6) is 5.75 Å². The molecule has 0 aliphatic rings. The van der Waals surface area contributed by atoms with Crippen LogP contribution in [0.2, 0.25) is 0 Å². The minimum absolute atomic E-state index is 0.149. The number of para-hydroxylation sites is 1. The van der Waals surface area contributed by atoms with Crippen molar-refractivity contribution in [3.63, 3.8) is 0 Å². The Bertz CT molecular complexity index is 597. The van der Waals surface area contributed by atoms with Gasteiger partial charge in [0.05, 0.1) is 7.11 Å². The Hall–Kier alpha value is -2.36. The fourth-order valence-corrected chi connectivity index (χ4v) is 1.98. The number of hydrogen-bond donors (Lipinski definition) is 1. The van der Waals surface area contributed by atoms with Gasteiger partial charge in [-0.05, 0) is 37.1 Å². The summed E-state index contributed by atoms with van der Waals surface area (Å²) in [4.78, 5) is 16.1. The van der Waals surface area contributed by atoms with Crippen molar-refractivity contribution in [2.24, 2.45) is 0 Å². The lowest BCUT2D eigenvalue weighted by atomic mass is 10.1. The first-order valence-corrected chi connectivity index (χ1v) is 6.54. The smallest absolute Gasteiger partial charge is 0.269 e. The van der Waals surface area contributed by atoms with E-state index in [1.54, 1.807) is 13.2 Å². The largest absolute Gasteiger partial charge is 0.496 e. The van der Waals surface area contributed by atoms with Crippen molar-refractivity contribution in [3.8, 4) is 5.75 Å². The second-order valence-corrected chi connectivity index (χ2v) is 4.48. The normalized spacial score (nSPS) is 10.1. The van der Waals surface area contributed by atoms with Crippen molar-refractivity contribution < 1.29 is 9.53 Å². The van der Waals surface area contributed by atoms with E-state index < -0.39 is 0 Å². The molecule has 0 saturated heterocycles. The van der Waals surface area contributed by atoms with Crippen molar-refractivity contribution >= 4 is 5.91 Å². The summed E-state index contributed by atoms with van der Waals surface area (Å²) in [5, 5.41) is 2.87. The molecular formula is C16H18N2O2. The molecule has 0 radical (unpaired) electrons. The maximum atomic E-state index is 11.9. The summed E-state index contributed by atoms with van der Waals surface area (Å²) in [6.07, 6.45) is 0.724. The van der Waals surface area contributed by atoms with Crippen LogP contribution < -0.4 is 10.1 Å². The Kier molecular flexibility index (Phi) is 4.71. The van der Waals surface area contributed by atoms with Crippen LogP contribution >= 0.6 is 0 Å². The molecule has 1 heterocycles. The minimum Gasteiger partial charge on any atom is -0.496 e. The van der Waals surface area contributed by atoms with Gasteiger partial charge in [-0.25, -0.2) is 4.98 Å². The monoisotopic (exact) mass is 270 g/mol. The number of aryl methyl sites for hydroxylation is 1. The van der Waals surface area contributed by atoms with Gasteiger partial charge in [-0.1, -0.05) is 24.3 Å². The van der Waals surface area contributed by atoms with Crippen molar-refractivity contribution in [1.82, 2.24) is 10.3 Å². The van der Waals surface area contributed by atoms with Crippen LogP contribution in [0.3, 0.4) is 0 Å². The van der Waals surface area contributed by atoms with Crippen LogP contribution in [0, 0.1) is 6.92 Å². The van der Waals surface area contributed by atoms with Crippen LogP contribution in [-0.2, 0) is 6.42 Å². The van der Waals surface area contributed by atoms with Crippen LogP contribution in [0.15, 0.2) is 42.5 Å². The number of amides is 1. The average Bonchev–Trinajstić information content (AvgIpc) is 2.47. The van der Waals surface area contributed by atoms with Crippen molar-refractivity contribution in [2.45, 2.75) is 13.3 Å². The number of nitrogens with one attached hydrogen (secondary N) is 1. The number of carbonyl (C=O) groups excluding carboxylic acids is 1. The molecule has 0 unspecified atom stereocenters. The zero-order chi connectivity index (χ0) is 14.4. The van der Waals surface area contributed by atoms with E-state index in [0.717, 1.165) is 23.4 Å². The van der Waals surface area contributed by atoms with Gasteiger partial charge in [-0.3, -0.25) is 4.79 Å². The van der Waals surface area contributed by atoms with Crippen LogP contribution in [0.4, 0.5) is 0 Å². The summed E-state index contributed by atoms with van der Waals surface area (Å²) >= 11 is 0. The van der Waals surface area contributed by atoms with E-state index in [0.29, 0.717) is 12.2 Å². The van der Waals surface area contributed by atoms with Crippen molar-refractivity contribution in [1.29, 1.82) is 0 Å². The number of rotatable bonds is 5. The highest BCUT2D eigenvalue weighted by Crippen LogP contribution is 2.17. The summed E-state index contributed by atoms with van der Waals surface area (Å²) in [7, 11) is 1.65. The zero-order valence-corrected chi connectivity index (χ0v) is 11.7. The van der Waals surface area contributed by atoms with Gasteiger partial charge in [0.1, 0.15) is 11.4 Å². The van der Waals surface area contributed by atoms with E-state index in [-0.39, 0.29) is 5.91 Å². The van der Waals surface area contributed by atoms with Gasteiger partial charge in [-0.2, -0.15) is 0 Å². The first kappa shape index (κ1) is 14.1. The van der Waals surface area contributed by atoms with Crippen molar-refractivity contribution in [3.05, 3.63) is 59.4 Å². The zero-order valence-electron chi connectivity index (χ0n) is 11.7. The molecule has 4 heteroatoms. The highest BCUT2D eigenvalue weighted by Gasteiger charge is 2.07. The Balaban J connectivity index is 1.91. The standard InChI is InChI=1S/C16H18N2O2/c1-12-6-5-8-14(18-12)16(19)17-11-10-13-7-3-4-9-15(13)20-2/h3-9H,10-11H2,1-2H3,(H,17,19). The summed E-state index contributed by atoms with van der Waals surface area (Å²) in [6.45, 7) is 2.42. The third kappa shape index (κ3) is 3.57. The molecule has 1 N–H and O–H groups in total. The second kappa shape index (κ2) is 6.70. The van der Waals surface area contributed by atoms with Crippen molar-refractivity contribution in [2.75, 3.05) is 13.7 Å². The predicted octanol–water partition coefficient (Wildman–Crippen LogP) is 2.37. The Morgan fingerprint density at radius 1 is 1.20 bits per heavy atom. The van der Waals surface area contributed by atoms with Gasteiger partial charge >= 0.3 is 0 Å². The van der Waals surface area contributed by atoms with E-state index in [1.807, 2.05) is 43.3 Å². The third-order valence-electron chi connectivity index (χ3n) is 2.99. The Labute approximate surface area is 118 Å². The number of carbonyl (C=O) groups is 1. The Morgan fingerprint density at radius 2 is 2.00 bits per heavy atom. The molecule has 4 nitrogen and oxygen atoms in total. The van der Waals surface area contributed by atoms with Gasteiger partial charge < -0.3 is 10.1 Å². The highest BCUT2D eigenvalue weighted by molar-refractivity contribution is 5.92. The van der Waals surface area contributed by atoms with Gasteiger partial charge in [0.25, 0.3) is 5.91 Å². The lowest BCUT2D eigenvalue weighted by molar-refractivity contribution is 0.0949. The molecule has 2 aromatic rings. The second-order valence-electron chi connectivity index (χ2n) is 4.48. The number of aromatic nitrogens is 1. The molecule has 0 bridgehead atoms. The molecule has 1 aromatic heterocycles. The first-order valence-electron chi connectivity index (χ1n) is 6.54. The number of methoxy groups -OCH3 is 1. The molecule has 0 saturated carbocycles. The summed E-state index contributed by atoms with van der Waals surface area (Å²) in [6, 6.07) is 13.2. The number of nitrogens with zero attached hydrogens (tertiary/aromatic N) is 1. The summed E-state index contributed by atoms with van der Waals surface area (Å²) < 4.78 is 5.28. The minimum atomic E-state index is -0.149. The lowest BCUT2D eigenvalue weighted by Gasteiger charge is -2.09.